The lowest BCUT2D eigenvalue weighted by Crippen LogP contribution is -2.46. The predicted octanol–water partition coefficient (Wildman–Crippen LogP) is 1.87. The fourth-order valence-corrected chi connectivity index (χ4v) is 3.15. The average Bonchev–Trinajstić information content (AvgIpc) is 2.58. The van der Waals surface area contributed by atoms with E-state index in [-0.39, 0.29) is 0 Å². The summed E-state index contributed by atoms with van der Waals surface area (Å²) in [6.45, 7) is 6.02. The normalized spacial score (nSPS) is 33.2. The first kappa shape index (κ1) is 10.1. The quantitative estimate of drug-likeness (QED) is 0.743. The molecular formula is C11H17NOS. The zero-order chi connectivity index (χ0) is 10.2. The summed E-state index contributed by atoms with van der Waals surface area (Å²) in [6.07, 6.45) is 0.827. The first-order chi connectivity index (χ1) is 6.63. The van der Waals surface area contributed by atoms with Crippen LogP contribution >= 0.6 is 11.3 Å². The van der Waals surface area contributed by atoms with Gasteiger partial charge in [0.2, 0.25) is 0 Å². The maximum Gasteiger partial charge on any atom is 0.104 e. The number of aryl methyl sites for hydroxylation is 1. The van der Waals surface area contributed by atoms with Gasteiger partial charge in [-0.25, -0.2) is 0 Å². The molecule has 1 aromatic heterocycles. The Morgan fingerprint density at radius 3 is 2.93 bits per heavy atom. The number of piperidine rings is 1. The van der Waals surface area contributed by atoms with E-state index in [1.54, 1.807) is 11.3 Å². The third-order valence-corrected chi connectivity index (χ3v) is 4.28. The molecule has 1 aliphatic heterocycles. The number of thiophene rings is 1. The van der Waals surface area contributed by atoms with Crippen LogP contribution < -0.4 is 5.32 Å². The molecule has 0 saturated carbocycles. The van der Waals surface area contributed by atoms with Crippen LogP contribution in [0.5, 0.6) is 0 Å². The highest BCUT2D eigenvalue weighted by Crippen LogP contribution is 2.38. The molecule has 0 radical (unpaired) electrons. The fourth-order valence-electron chi connectivity index (χ4n) is 2.05. The fraction of sp³-hybridized carbons (Fsp3) is 0.636. The Morgan fingerprint density at radius 2 is 2.36 bits per heavy atom. The summed E-state index contributed by atoms with van der Waals surface area (Å²) in [6, 6.07) is 4.16. The molecule has 2 heterocycles. The Labute approximate surface area is 89.0 Å². The molecule has 2 unspecified atom stereocenters. The standard InChI is InChI=1S/C11H17NOS/c1-8-7-12-6-5-11(8,13)10-4-3-9(2)14-10/h3-4,8,12-13H,5-7H2,1-2H3. The summed E-state index contributed by atoms with van der Waals surface area (Å²) in [7, 11) is 0. The molecule has 2 rings (SSSR count). The Hall–Kier alpha value is -0.380. The van der Waals surface area contributed by atoms with Crippen LogP contribution in [0.4, 0.5) is 0 Å². The summed E-state index contributed by atoms with van der Waals surface area (Å²) < 4.78 is 0. The van der Waals surface area contributed by atoms with Gasteiger partial charge in [-0.15, -0.1) is 11.3 Å². The molecule has 0 spiro atoms. The van der Waals surface area contributed by atoms with Crippen molar-refractivity contribution < 1.29 is 5.11 Å². The second-order valence-corrected chi connectivity index (χ2v) is 5.48. The number of rotatable bonds is 1. The highest BCUT2D eigenvalue weighted by atomic mass is 32.1. The number of aliphatic hydroxyl groups is 1. The Morgan fingerprint density at radius 1 is 1.57 bits per heavy atom. The maximum absolute atomic E-state index is 10.6. The zero-order valence-electron chi connectivity index (χ0n) is 8.71. The van der Waals surface area contributed by atoms with Gasteiger partial charge in [0.15, 0.2) is 0 Å². The highest BCUT2D eigenvalue weighted by molar-refractivity contribution is 7.12. The monoisotopic (exact) mass is 211 g/mol. The molecule has 78 valence electrons. The Bertz CT molecular complexity index is 323. The Balaban J connectivity index is 2.29. The van der Waals surface area contributed by atoms with Crippen LogP contribution in [0.3, 0.4) is 0 Å². The summed E-state index contributed by atoms with van der Waals surface area (Å²) in [5.41, 5.74) is -0.593. The largest absolute Gasteiger partial charge is 0.384 e. The van der Waals surface area contributed by atoms with Gasteiger partial charge >= 0.3 is 0 Å². The van der Waals surface area contributed by atoms with Crippen LogP contribution in [0.15, 0.2) is 12.1 Å². The van der Waals surface area contributed by atoms with Gasteiger partial charge in [-0.2, -0.15) is 0 Å². The van der Waals surface area contributed by atoms with Crippen LogP contribution in [-0.2, 0) is 5.60 Å². The topological polar surface area (TPSA) is 32.3 Å². The first-order valence-electron chi connectivity index (χ1n) is 5.13. The molecule has 2 atom stereocenters. The van der Waals surface area contributed by atoms with Crippen LogP contribution in [0.1, 0.15) is 23.1 Å². The lowest BCUT2D eigenvalue weighted by Gasteiger charge is -2.37. The minimum atomic E-state index is -0.593. The van der Waals surface area contributed by atoms with E-state index in [4.69, 9.17) is 0 Å². The van der Waals surface area contributed by atoms with Gasteiger partial charge in [-0.05, 0) is 32.0 Å². The molecule has 2 N–H and O–H groups in total. The zero-order valence-corrected chi connectivity index (χ0v) is 9.53. The van der Waals surface area contributed by atoms with Crippen molar-refractivity contribution in [3.63, 3.8) is 0 Å². The van der Waals surface area contributed by atoms with E-state index in [1.807, 2.05) is 0 Å². The van der Waals surface area contributed by atoms with Gasteiger partial charge in [0.25, 0.3) is 0 Å². The van der Waals surface area contributed by atoms with Gasteiger partial charge in [0.05, 0.1) is 0 Å². The third kappa shape index (κ3) is 1.60. The molecule has 1 aliphatic rings. The van der Waals surface area contributed by atoms with Crippen molar-refractivity contribution >= 4 is 11.3 Å². The van der Waals surface area contributed by atoms with E-state index in [0.717, 1.165) is 24.4 Å². The lowest BCUT2D eigenvalue weighted by molar-refractivity contribution is -0.0359. The van der Waals surface area contributed by atoms with Crippen LogP contribution in [0.25, 0.3) is 0 Å². The van der Waals surface area contributed by atoms with Crippen LogP contribution in [0, 0.1) is 12.8 Å². The number of hydrogen-bond donors (Lipinski definition) is 2. The molecule has 0 amide bonds. The van der Waals surface area contributed by atoms with Gasteiger partial charge in [-0.1, -0.05) is 6.92 Å². The van der Waals surface area contributed by atoms with Crippen molar-refractivity contribution in [2.75, 3.05) is 13.1 Å². The molecule has 1 saturated heterocycles. The van der Waals surface area contributed by atoms with E-state index in [0.29, 0.717) is 5.92 Å². The average molecular weight is 211 g/mol. The van der Waals surface area contributed by atoms with Crippen molar-refractivity contribution in [3.05, 3.63) is 21.9 Å². The highest BCUT2D eigenvalue weighted by Gasteiger charge is 2.38. The molecule has 14 heavy (non-hydrogen) atoms. The summed E-state index contributed by atoms with van der Waals surface area (Å²) in [4.78, 5) is 2.41. The maximum atomic E-state index is 10.6. The van der Waals surface area contributed by atoms with Crippen molar-refractivity contribution in [2.24, 2.45) is 5.92 Å². The molecule has 2 nitrogen and oxygen atoms in total. The van der Waals surface area contributed by atoms with E-state index < -0.39 is 5.60 Å². The van der Waals surface area contributed by atoms with Crippen molar-refractivity contribution in [1.29, 1.82) is 0 Å². The van der Waals surface area contributed by atoms with Crippen molar-refractivity contribution in [2.45, 2.75) is 25.9 Å². The van der Waals surface area contributed by atoms with Crippen molar-refractivity contribution in [1.82, 2.24) is 5.32 Å². The molecule has 0 aromatic carbocycles. The lowest BCUT2D eigenvalue weighted by atomic mass is 9.82. The molecule has 1 fully saturated rings. The summed E-state index contributed by atoms with van der Waals surface area (Å²) in [5.74, 6) is 0.300. The summed E-state index contributed by atoms with van der Waals surface area (Å²) in [5, 5.41) is 13.9. The SMILES string of the molecule is Cc1ccc(C2(O)CCNCC2C)s1. The van der Waals surface area contributed by atoms with E-state index >= 15 is 0 Å². The molecule has 0 aliphatic carbocycles. The van der Waals surface area contributed by atoms with E-state index in [1.165, 1.54) is 4.88 Å². The van der Waals surface area contributed by atoms with E-state index in [2.05, 4.69) is 31.3 Å². The van der Waals surface area contributed by atoms with Gasteiger partial charge in [0, 0.05) is 22.2 Å². The van der Waals surface area contributed by atoms with Gasteiger partial charge < -0.3 is 10.4 Å². The van der Waals surface area contributed by atoms with Gasteiger partial charge in [-0.3, -0.25) is 0 Å². The predicted molar refractivity (Wildman–Crippen MR) is 59.6 cm³/mol. The van der Waals surface area contributed by atoms with E-state index in [9.17, 15) is 5.11 Å². The Kier molecular flexibility index (Phi) is 2.64. The second-order valence-electron chi connectivity index (χ2n) is 4.19. The smallest absolute Gasteiger partial charge is 0.104 e. The minimum absolute atomic E-state index is 0.300. The molecule has 1 aromatic rings. The third-order valence-electron chi connectivity index (χ3n) is 3.12. The molecular weight excluding hydrogens is 194 g/mol. The molecule has 3 heteroatoms. The van der Waals surface area contributed by atoms with Crippen LogP contribution in [0.2, 0.25) is 0 Å². The first-order valence-corrected chi connectivity index (χ1v) is 5.94. The number of nitrogens with one attached hydrogen (secondary N) is 1. The molecule has 0 bridgehead atoms. The second kappa shape index (κ2) is 3.65. The van der Waals surface area contributed by atoms with Crippen molar-refractivity contribution in [3.8, 4) is 0 Å². The van der Waals surface area contributed by atoms with Gasteiger partial charge in [0.1, 0.15) is 5.60 Å². The van der Waals surface area contributed by atoms with Crippen LogP contribution in [-0.4, -0.2) is 18.2 Å². The number of hydrogen-bond acceptors (Lipinski definition) is 3. The minimum Gasteiger partial charge on any atom is -0.384 e. The summed E-state index contributed by atoms with van der Waals surface area (Å²) >= 11 is 1.72.